The van der Waals surface area contributed by atoms with Crippen molar-refractivity contribution in [3.05, 3.63) is 0 Å². The van der Waals surface area contributed by atoms with Crippen molar-refractivity contribution in [2.75, 3.05) is 72.7 Å². The van der Waals surface area contributed by atoms with E-state index in [1.807, 2.05) is 27.7 Å². The van der Waals surface area contributed by atoms with E-state index in [0.717, 1.165) is 6.29 Å². The Labute approximate surface area is 237 Å². The molecule has 0 amide bonds. The smallest absolute Gasteiger partial charge is 0.164 e. The van der Waals surface area contributed by atoms with Gasteiger partial charge in [0, 0.05) is 22.9 Å². The molecule has 0 unspecified atom stereocenters. The average Bonchev–Trinajstić information content (AvgIpc) is 2.91. The van der Waals surface area contributed by atoms with E-state index in [0.29, 0.717) is 32.8 Å². The molecule has 0 aliphatic carbocycles. The van der Waals surface area contributed by atoms with Crippen LogP contribution in [-0.4, -0.2) is 138 Å². The summed E-state index contributed by atoms with van der Waals surface area (Å²) in [6.07, 6.45) is 0.583. The summed E-state index contributed by atoms with van der Waals surface area (Å²) in [6.45, 7) is 11.6. The van der Waals surface area contributed by atoms with Crippen LogP contribution in [0.5, 0.6) is 0 Å². The topological polar surface area (TPSA) is 259 Å². The van der Waals surface area contributed by atoms with Gasteiger partial charge >= 0.3 is 0 Å². The van der Waals surface area contributed by atoms with Crippen LogP contribution in [0.15, 0.2) is 0 Å². The summed E-state index contributed by atoms with van der Waals surface area (Å²) in [5.41, 5.74) is -2.61. The van der Waals surface area contributed by atoms with E-state index in [4.69, 9.17) is 44.5 Å². The second kappa shape index (κ2) is 19.4. The monoisotopic (exact) mass is 592 g/mol. The van der Waals surface area contributed by atoms with Crippen LogP contribution in [0, 0.1) is 27.1 Å². The Hall–Kier alpha value is -0.850. The predicted molar refractivity (Wildman–Crippen MR) is 145 cm³/mol. The molecule has 0 saturated carbocycles. The third kappa shape index (κ3) is 13.4. The van der Waals surface area contributed by atoms with Gasteiger partial charge in [0.15, 0.2) is 12.6 Å². The number of carbonyl (C=O) groups excluding carboxylic acids is 1. The van der Waals surface area contributed by atoms with Crippen molar-refractivity contribution in [1.82, 2.24) is 0 Å². The zero-order valence-electron chi connectivity index (χ0n) is 24.9. The molecule has 1 spiro atoms. The number of hydrogen-bond acceptors (Lipinski definition) is 12. The molecule has 2 rings (SSSR count). The fraction of sp³-hybridized carbons (Fsp3) is 0.962. The molecule has 0 aromatic carbocycles. The molecule has 0 aromatic rings. The van der Waals surface area contributed by atoms with Crippen molar-refractivity contribution in [3.63, 3.8) is 0 Å². The highest BCUT2D eigenvalue weighted by Gasteiger charge is 2.47. The molecule has 0 bridgehead atoms. The molecular formula is C26H56O14. The van der Waals surface area contributed by atoms with E-state index in [9.17, 15) is 15.0 Å². The lowest BCUT2D eigenvalue weighted by Crippen LogP contribution is -2.56. The normalized spacial score (nSPS) is 23.4. The zero-order valence-corrected chi connectivity index (χ0v) is 24.9. The summed E-state index contributed by atoms with van der Waals surface area (Å²) in [4.78, 5) is 10.1. The van der Waals surface area contributed by atoms with E-state index in [-0.39, 0.29) is 41.6 Å². The van der Waals surface area contributed by atoms with Gasteiger partial charge in [-0.05, 0) is 6.42 Å². The third-order valence-electron chi connectivity index (χ3n) is 6.67. The molecule has 2 aliphatic rings. The van der Waals surface area contributed by atoms with Crippen LogP contribution in [0.1, 0.15) is 48.0 Å². The van der Waals surface area contributed by atoms with Gasteiger partial charge in [-0.25, -0.2) is 0 Å². The summed E-state index contributed by atoms with van der Waals surface area (Å²) in [5.74, 6) is 0. The van der Waals surface area contributed by atoms with Crippen LogP contribution in [0.3, 0.4) is 0 Å². The molecule has 2 fully saturated rings. The van der Waals surface area contributed by atoms with E-state index in [1.54, 1.807) is 13.8 Å². The fourth-order valence-electron chi connectivity index (χ4n) is 3.05. The maximum atomic E-state index is 10.1. The third-order valence-corrected chi connectivity index (χ3v) is 6.67. The zero-order chi connectivity index (χ0) is 29.7. The Balaban J connectivity index is -0.000000605. The van der Waals surface area contributed by atoms with Crippen LogP contribution in [0.4, 0.5) is 0 Å². The Kier molecular flexibility index (Phi) is 21.1. The highest BCUT2D eigenvalue weighted by molar-refractivity contribution is 5.57. The molecule has 2 aliphatic heterocycles. The first-order valence-electron chi connectivity index (χ1n) is 12.8. The molecule has 11 N–H and O–H groups in total. The van der Waals surface area contributed by atoms with E-state index in [1.165, 1.54) is 0 Å². The first kappa shape index (κ1) is 43.6. The van der Waals surface area contributed by atoms with Crippen LogP contribution in [0.2, 0.25) is 0 Å². The number of aliphatic hydroxyl groups is 7. The number of carbonyl (C=O) groups is 1. The molecule has 14 nitrogen and oxygen atoms in total. The minimum absolute atomic E-state index is 0. The molecule has 2 saturated heterocycles. The molecule has 14 heteroatoms. The van der Waals surface area contributed by atoms with Crippen molar-refractivity contribution in [2.45, 2.75) is 60.5 Å². The van der Waals surface area contributed by atoms with Crippen LogP contribution in [0.25, 0.3) is 0 Å². The van der Waals surface area contributed by atoms with Crippen LogP contribution >= 0.6 is 0 Å². The largest absolute Gasteiger partial charge is 0.412 e. The Bertz CT molecular complexity index is 580. The number of aldehydes is 1. The second-order valence-corrected chi connectivity index (χ2v) is 12.4. The molecule has 40 heavy (non-hydrogen) atoms. The predicted octanol–water partition coefficient (Wildman–Crippen LogP) is -2.36. The summed E-state index contributed by atoms with van der Waals surface area (Å²) in [7, 11) is 0. The van der Waals surface area contributed by atoms with Gasteiger partial charge in [-0.3, -0.25) is 0 Å². The number of ether oxygens (including phenoxy) is 4. The lowest BCUT2D eigenvalue weighted by atomic mass is 9.86. The lowest BCUT2D eigenvalue weighted by Gasteiger charge is -2.48. The summed E-state index contributed by atoms with van der Waals surface area (Å²) in [5, 5.41) is 61.1. The summed E-state index contributed by atoms with van der Waals surface area (Å²) < 4.78 is 23.1. The van der Waals surface area contributed by atoms with Gasteiger partial charge in [0.25, 0.3) is 0 Å². The van der Waals surface area contributed by atoms with Crippen LogP contribution < -0.4 is 0 Å². The first-order valence-corrected chi connectivity index (χ1v) is 12.8. The maximum Gasteiger partial charge on any atom is 0.164 e. The average molecular weight is 593 g/mol. The Morgan fingerprint density at radius 3 is 1.07 bits per heavy atom. The standard InChI is InChI=1S/C15H28O6.C6H12O2.C5H12O4.2H2O/c1-13(2,5-16)11-18-7-15(8-19-11)9-20-12(21-10-15)14(3,4)6-17;1-6(2,5-8)3-4-7;6-1-5(2-7,3-8)4-9;;/h11-12,16-17H,5-10H2,1-4H3;5,7H,3-4H2,1-2H3;6-9H,1-4H2;2*1H2. The van der Waals surface area contributed by atoms with Crippen molar-refractivity contribution in [1.29, 1.82) is 0 Å². The van der Waals surface area contributed by atoms with Crippen molar-refractivity contribution in [2.24, 2.45) is 27.1 Å². The summed E-state index contributed by atoms with van der Waals surface area (Å²) in [6, 6.07) is 0. The van der Waals surface area contributed by atoms with Crippen molar-refractivity contribution >= 4 is 6.29 Å². The van der Waals surface area contributed by atoms with Gasteiger partial charge < -0.3 is 70.4 Å². The quantitative estimate of drug-likeness (QED) is 0.124. The Morgan fingerprint density at radius 1 is 0.625 bits per heavy atom. The number of aliphatic hydroxyl groups excluding tert-OH is 7. The minimum Gasteiger partial charge on any atom is -0.412 e. The molecule has 244 valence electrons. The molecule has 2 heterocycles. The molecular weight excluding hydrogens is 536 g/mol. The van der Waals surface area contributed by atoms with E-state index in [2.05, 4.69) is 0 Å². The number of rotatable bonds is 11. The SMILES string of the molecule is CC(C)(C=O)CCO.CC(C)(CO)C1OCC2(CO1)COC(C(C)(C)CO)OC2.O.O.OCC(CO)(CO)CO. The molecule has 0 radical (unpaired) electrons. The van der Waals surface area contributed by atoms with Crippen molar-refractivity contribution in [3.8, 4) is 0 Å². The fourth-order valence-corrected chi connectivity index (χ4v) is 3.05. The van der Waals surface area contributed by atoms with E-state index >= 15 is 0 Å². The van der Waals surface area contributed by atoms with Crippen molar-refractivity contribution < 1.29 is 70.4 Å². The Morgan fingerprint density at radius 2 is 0.925 bits per heavy atom. The van der Waals surface area contributed by atoms with Gasteiger partial charge in [-0.15, -0.1) is 0 Å². The first-order chi connectivity index (χ1) is 17.6. The van der Waals surface area contributed by atoms with Gasteiger partial charge in [0.05, 0.1) is 76.9 Å². The molecule has 0 aromatic heterocycles. The number of hydrogen-bond donors (Lipinski definition) is 7. The lowest BCUT2D eigenvalue weighted by molar-refractivity contribution is -0.337. The van der Waals surface area contributed by atoms with Gasteiger partial charge in [-0.1, -0.05) is 41.5 Å². The summed E-state index contributed by atoms with van der Waals surface area (Å²) >= 11 is 0. The van der Waals surface area contributed by atoms with Gasteiger partial charge in [-0.2, -0.15) is 0 Å². The highest BCUT2D eigenvalue weighted by Crippen LogP contribution is 2.38. The maximum absolute atomic E-state index is 10.1. The molecule has 0 atom stereocenters. The minimum atomic E-state index is -1.11. The van der Waals surface area contributed by atoms with Gasteiger partial charge in [0.2, 0.25) is 0 Å². The van der Waals surface area contributed by atoms with Gasteiger partial charge in [0.1, 0.15) is 6.29 Å². The highest BCUT2D eigenvalue weighted by atomic mass is 16.7. The second-order valence-electron chi connectivity index (χ2n) is 12.4. The van der Waals surface area contributed by atoms with Crippen LogP contribution in [-0.2, 0) is 23.7 Å². The van der Waals surface area contributed by atoms with E-state index < -0.39 is 55.3 Å².